The second kappa shape index (κ2) is 10.1. The van der Waals surface area contributed by atoms with Crippen LogP contribution >= 0.6 is 0 Å². The SMILES string of the molecule is C=S(C)(=O)Nc1cc(C)c2c(Nc3ccc(F)cc3O[C@H](C)C(=O)N3CCCCC3)ncnc2c1. The number of nitrogens with zero attached hydrogens (tertiary/aromatic N) is 3. The number of nitrogens with one attached hydrogen (secondary N) is 2. The van der Waals surface area contributed by atoms with Gasteiger partial charge in [-0.3, -0.25) is 4.79 Å². The van der Waals surface area contributed by atoms with E-state index in [9.17, 15) is 13.4 Å². The van der Waals surface area contributed by atoms with Crippen molar-refractivity contribution in [1.29, 1.82) is 0 Å². The summed E-state index contributed by atoms with van der Waals surface area (Å²) in [5.41, 5.74) is 2.58. The molecule has 1 aromatic heterocycles. The lowest BCUT2D eigenvalue weighted by atomic mass is 10.1. The van der Waals surface area contributed by atoms with Crippen LogP contribution in [0.25, 0.3) is 10.9 Å². The van der Waals surface area contributed by atoms with Gasteiger partial charge in [-0.15, -0.1) is 0 Å². The number of benzene rings is 2. The van der Waals surface area contributed by atoms with Crippen molar-refractivity contribution in [3.8, 4) is 5.75 Å². The number of carbonyl (C=O) groups excluding carboxylic acids is 1. The van der Waals surface area contributed by atoms with Crippen molar-refractivity contribution >= 4 is 49.6 Å². The molecule has 186 valence electrons. The van der Waals surface area contributed by atoms with Gasteiger partial charge in [0.25, 0.3) is 5.91 Å². The summed E-state index contributed by atoms with van der Waals surface area (Å²) in [5, 5.41) is 3.97. The lowest BCUT2D eigenvalue weighted by Crippen LogP contribution is -2.43. The van der Waals surface area contributed by atoms with E-state index in [0.29, 0.717) is 35.8 Å². The highest BCUT2D eigenvalue weighted by molar-refractivity contribution is 8.00. The number of hydrogen-bond donors (Lipinski definition) is 2. The molecular weight excluding hydrogens is 469 g/mol. The Kier molecular flexibility index (Phi) is 7.11. The Bertz CT molecular complexity index is 1360. The van der Waals surface area contributed by atoms with E-state index in [2.05, 4.69) is 25.9 Å². The lowest BCUT2D eigenvalue weighted by molar-refractivity contribution is -0.138. The molecule has 0 bridgehead atoms. The minimum Gasteiger partial charge on any atom is -0.479 e. The summed E-state index contributed by atoms with van der Waals surface area (Å²) in [7, 11) is -2.45. The highest BCUT2D eigenvalue weighted by Gasteiger charge is 2.24. The van der Waals surface area contributed by atoms with Gasteiger partial charge in [-0.2, -0.15) is 0 Å². The van der Waals surface area contributed by atoms with Crippen molar-refractivity contribution < 1.29 is 18.1 Å². The first-order valence-electron chi connectivity index (χ1n) is 11.5. The molecule has 2 heterocycles. The van der Waals surface area contributed by atoms with E-state index >= 15 is 0 Å². The number of rotatable bonds is 7. The molecule has 8 nitrogen and oxygen atoms in total. The number of likely N-dealkylation sites (tertiary alicyclic amines) is 1. The van der Waals surface area contributed by atoms with Crippen LogP contribution in [0, 0.1) is 12.7 Å². The molecule has 2 aromatic carbocycles. The zero-order valence-corrected chi connectivity index (χ0v) is 21.0. The van der Waals surface area contributed by atoms with E-state index in [0.717, 1.165) is 30.2 Å². The number of aryl methyl sites for hydroxylation is 1. The second-order valence-electron chi connectivity index (χ2n) is 8.93. The average Bonchev–Trinajstić information content (AvgIpc) is 2.79. The summed E-state index contributed by atoms with van der Waals surface area (Å²) in [6.07, 6.45) is 5.24. The van der Waals surface area contributed by atoms with Gasteiger partial charge in [0, 0.05) is 46.2 Å². The normalized spacial score (nSPS) is 16.4. The van der Waals surface area contributed by atoms with Crippen LogP contribution < -0.4 is 14.8 Å². The van der Waals surface area contributed by atoms with Crippen LogP contribution in [0.2, 0.25) is 0 Å². The minimum atomic E-state index is -2.45. The van der Waals surface area contributed by atoms with Crippen LogP contribution in [0.4, 0.5) is 21.6 Å². The van der Waals surface area contributed by atoms with Crippen LogP contribution in [0.5, 0.6) is 5.75 Å². The first-order chi connectivity index (χ1) is 16.6. The Balaban J connectivity index is 1.63. The molecule has 0 radical (unpaired) electrons. The monoisotopic (exact) mass is 499 g/mol. The van der Waals surface area contributed by atoms with Crippen molar-refractivity contribution in [3.63, 3.8) is 0 Å². The second-order valence-corrected chi connectivity index (χ2v) is 11.1. The predicted octanol–water partition coefficient (Wildman–Crippen LogP) is 4.27. The van der Waals surface area contributed by atoms with Crippen LogP contribution in [0.1, 0.15) is 31.7 Å². The summed E-state index contributed by atoms with van der Waals surface area (Å²) in [5.74, 6) is 3.76. The van der Waals surface area contributed by atoms with Gasteiger partial charge in [0.1, 0.15) is 23.7 Å². The Hall–Kier alpha value is -3.40. The Labute approximate surface area is 205 Å². The number of amides is 1. The van der Waals surface area contributed by atoms with Gasteiger partial charge in [0.2, 0.25) is 0 Å². The van der Waals surface area contributed by atoms with Gasteiger partial charge in [-0.1, -0.05) is 0 Å². The average molecular weight is 500 g/mol. The van der Waals surface area contributed by atoms with Crippen molar-refractivity contribution in [2.45, 2.75) is 39.2 Å². The maximum absolute atomic E-state index is 14.1. The van der Waals surface area contributed by atoms with E-state index in [1.165, 1.54) is 24.7 Å². The van der Waals surface area contributed by atoms with Crippen LogP contribution in [0.3, 0.4) is 0 Å². The Morgan fingerprint density at radius 3 is 2.66 bits per heavy atom. The van der Waals surface area contributed by atoms with Gasteiger partial charge in [0.05, 0.1) is 11.2 Å². The molecule has 1 saturated heterocycles. The van der Waals surface area contributed by atoms with Crippen LogP contribution in [-0.2, 0) is 14.5 Å². The summed E-state index contributed by atoms with van der Waals surface area (Å²) in [6.45, 7) is 5.00. The summed E-state index contributed by atoms with van der Waals surface area (Å²) in [6, 6.07) is 7.73. The first-order valence-corrected chi connectivity index (χ1v) is 13.6. The standard InChI is InChI=1S/C25H30FN5O3S/c1-16-12-19(30-35(3,4)33)14-21-23(16)24(28-15-27-21)29-20-9-8-18(26)13-22(20)34-17(2)25(32)31-10-6-5-7-11-31/h8-9,12-15,17H,3,5-7,10-11H2,1-2,4H3,(H,30,33)(H,27,28,29)/t17-,35?/m1/s1. The largest absolute Gasteiger partial charge is 0.479 e. The van der Waals surface area contributed by atoms with Gasteiger partial charge in [-0.05, 0) is 68.8 Å². The van der Waals surface area contributed by atoms with Crippen LogP contribution in [-0.4, -0.2) is 56.3 Å². The highest BCUT2D eigenvalue weighted by atomic mass is 32.2. The maximum Gasteiger partial charge on any atom is 0.263 e. The molecule has 4 rings (SSSR count). The van der Waals surface area contributed by atoms with Crippen LogP contribution in [0.15, 0.2) is 36.7 Å². The van der Waals surface area contributed by atoms with Crippen molar-refractivity contribution in [3.05, 3.63) is 48.0 Å². The molecule has 10 heteroatoms. The maximum atomic E-state index is 14.1. The first kappa shape index (κ1) is 24.7. The van der Waals surface area contributed by atoms with E-state index in [4.69, 9.17) is 4.74 Å². The van der Waals surface area contributed by atoms with E-state index in [1.807, 2.05) is 13.0 Å². The van der Waals surface area contributed by atoms with E-state index < -0.39 is 21.6 Å². The van der Waals surface area contributed by atoms with Gasteiger partial charge in [0.15, 0.2) is 6.10 Å². The fraction of sp³-hybridized carbons (Fsp3) is 0.360. The smallest absolute Gasteiger partial charge is 0.263 e. The number of piperidine rings is 1. The number of fused-ring (bicyclic) bond motifs is 1. The molecule has 3 aromatic rings. The summed E-state index contributed by atoms with van der Waals surface area (Å²) in [4.78, 5) is 23.4. The number of ether oxygens (including phenoxy) is 1. The van der Waals surface area contributed by atoms with E-state index in [1.54, 1.807) is 24.0 Å². The molecule has 0 aliphatic carbocycles. The fourth-order valence-electron chi connectivity index (χ4n) is 4.23. The quantitative estimate of drug-likeness (QED) is 0.471. The third kappa shape index (κ3) is 6.00. The molecule has 0 spiro atoms. The Morgan fingerprint density at radius 2 is 1.94 bits per heavy atom. The molecule has 2 N–H and O–H groups in total. The molecule has 35 heavy (non-hydrogen) atoms. The lowest BCUT2D eigenvalue weighted by Gasteiger charge is -2.29. The predicted molar refractivity (Wildman–Crippen MR) is 139 cm³/mol. The number of halogens is 1. The summed E-state index contributed by atoms with van der Waals surface area (Å²) < 4.78 is 35.0. The number of anilines is 3. The van der Waals surface area contributed by atoms with Crippen molar-refractivity contribution in [1.82, 2.24) is 14.9 Å². The molecule has 1 amide bonds. The van der Waals surface area contributed by atoms with E-state index in [-0.39, 0.29) is 11.7 Å². The minimum absolute atomic E-state index is 0.110. The van der Waals surface area contributed by atoms with Gasteiger partial charge >= 0.3 is 0 Å². The summed E-state index contributed by atoms with van der Waals surface area (Å²) >= 11 is 0. The fourth-order valence-corrected chi connectivity index (χ4v) is 4.85. The topological polar surface area (TPSA) is 96.5 Å². The number of carbonyl (C=O) groups is 1. The third-order valence-electron chi connectivity index (χ3n) is 5.78. The molecule has 1 fully saturated rings. The molecule has 1 aliphatic rings. The van der Waals surface area contributed by atoms with Gasteiger partial charge < -0.3 is 19.7 Å². The number of hydrogen-bond acceptors (Lipinski definition) is 6. The van der Waals surface area contributed by atoms with Gasteiger partial charge in [-0.25, -0.2) is 18.6 Å². The molecule has 0 saturated carbocycles. The Morgan fingerprint density at radius 1 is 1.20 bits per heavy atom. The molecule has 1 unspecified atom stereocenters. The number of aromatic nitrogens is 2. The zero-order valence-electron chi connectivity index (χ0n) is 20.1. The molecule has 1 aliphatic heterocycles. The third-order valence-corrected chi connectivity index (χ3v) is 6.45. The molecular formula is C25H30FN5O3S. The van der Waals surface area contributed by atoms with Crippen molar-refractivity contribution in [2.75, 3.05) is 29.4 Å². The molecule has 2 atom stereocenters. The highest BCUT2D eigenvalue weighted by Crippen LogP contribution is 2.33. The zero-order chi connectivity index (χ0) is 25.2. The van der Waals surface area contributed by atoms with Crippen molar-refractivity contribution in [2.24, 2.45) is 0 Å².